The summed E-state index contributed by atoms with van der Waals surface area (Å²) in [6.07, 6.45) is 3.09. The van der Waals surface area contributed by atoms with Crippen LogP contribution in [0.4, 0.5) is 0 Å². The van der Waals surface area contributed by atoms with Gasteiger partial charge in [-0.3, -0.25) is 19.4 Å². The van der Waals surface area contributed by atoms with Crippen LogP contribution in [0, 0.1) is 0 Å². The third kappa shape index (κ3) is 4.50. The first-order chi connectivity index (χ1) is 13.0. The molecule has 4 unspecified atom stereocenters. The molecule has 0 bridgehead atoms. The summed E-state index contributed by atoms with van der Waals surface area (Å²) in [4.78, 5) is 40.4. The predicted octanol–water partition coefficient (Wildman–Crippen LogP) is -1.37. The SMILES string of the molecule is O=C(NC1CCCNC1=O)C1=CC(NC(=O)c2cccnc2)C(O)C(O)C1. The smallest absolute Gasteiger partial charge is 0.253 e. The Labute approximate surface area is 155 Å². The van der Waals surface area contributed by atoms with Gasteiger partial charge in [0.05, 0.1) is 17.7 Å². The summed E-state index contributed by atoms with van der Waals surface area (Å²) >= 11 is 0. The first-order valence-corrected chi connectivity index (χ1v) is 8.82. The Hall–Kier alpha value is -2.78. The van der Waals surface area contributed by atoms with Crippen molar-refractivity contribution >= 4 is 17.7 Å². The molecule has 2 heterocycles. The van der Waals surface area contributed by atoms with E-state index in [0.29, 0.717) is 18.5 Å². The number of pyridine rings is 1. The number of rotatable bonds is 4. The molecular weight excluding hydrogens is 352 g/mol. The lowest BCUT2D eigenvalue weighted by Gasteiger charge is -2.31. The van der Waals surface area contributed by atoms with Gasteiger partial charge >= 0.3 is 0 Å². The highest BCUT2D eigenvalue weighted by Gasteiger charge is 2.35. The molecule has 9 nitrogen and oxygen atoms in total. The molecule has 0 saturated carbocycles. The maximum atomic E-state index is 12.5. The molecule has 3 rings (SSSR count). The van der Waals surface area contributed by atoms with E-state index < -0.39 is 36.1 Å². The number of carbonyl (C=O) groups excluding carboxylic acids is 3. The van der Waals surface area contributed by atoms with Gasteiger partial charge in [-0.1, -0.05) is 6.08 Å². The van der Waals surface area contributed by atoms with Crippen LogP contribution in [0.3, 0.4) is 0 Å². The van der Waals surface area contributed by atoms with Crippen LogP contribution in [0.1, 0.15) is 29.6 Å². The Kier molecular flexibility index (Phi) is 5.82. The third-order valence-electron chi connectivity index (χ3n) is 4.68. The number of aliphatic hydroxyl groups is 2. The van der Waals surface area contributed by atoms with Crippen molar-refractivity contribution in [2.45, 2.75) is 43.6 Å². The van der Waals surface area contributed by atoms with Gasteiger partial charge in [0.15, 0.2) is 0 Å². The average Bonchev–Trinajstić information content (AvgIpc) is 2.67. The second-order valence-electron chi connectivity index (χ2n) is 6.65. The first-order valence-electron chi connectivity index (χ1n) is 8.82. The predicted molar refractivity (Wildman–Crippen MR) is 94.4 cm³/mol. The van der Waals surface area contributed by atoms with Crippen LogP contribution in [-0.2, 0) is 9.59 Å². The molecular formula is C18H22N4O5. The summed E-state index contributed by atoms with van der Waals surface area (Å²) in [7, 11) is 0. The Morgan fingerprint density at radius 3 is 2.74 bits per heavy atom. The second-order valence-corrected chi connectivity index (χ2v) is 6.65. The van der Waals surface area contributed by atoms with Gasteiger partial charge in [0.25, 0.3) is 5.91 Å². The van der Waals surface area contributed by atoms with E-state index in [4.69, 9.17) is 0 Å². The van der Waals surface area contributed by atoms with Gasteiger partial charge < -0.3 is 26.2 Å². The number of aromatic nitrogens is 1. The summed E-state index contributed by atoms with van der Waals surface area (Å²) in [5.74, 6) is -1.22. The maximum absolute atomic E-state index is 12.5. The van der Waals surface area contributed by atoms with Crippen molar-refractivity contribution in [3.63, 3.8) is 0 Å². The number of amides is 3. The van der Waals surface area contributed by atoms with Gasteiger partial charge in [0.2, 0.25) is 11.8 Å². The van der Waals surface area contributed by atoms with E-state index in [9.17, 15) is 24.6 Å². The van der Waals surface area contributed by atoms with Crippen LogP contribution in [0.2, 0.25) is 0 Å². The van der Waals surface area contributed by atoms with E-state index in [1.54, 1.807) is 12.1 Å². The number of hydrogen-bond acceptors (Lipinski definition) is 6. The fraction of sp³-hybridized carbons (Fsp3) is 0.444. The highest BCUT2D eigenvalue weighted by molar-refractivity contribution is 5.98. The summed E-state index contributed by atoms with van der Waals surface area (Å²) in [6.45, 7) is 0.585. The molecule has 0 aromatic carbocycles. The van der Waals surface area contributed by atoms with Crippen molar-refractivity contribution in [2.75, 3.05) is 6.54 Å². The van der Waals surface area contributed by atoms with E-state index in [1.807, 2.05) is 0 Å². The first kappa shape index (κ1) is 19.0. The summed E-state index contributed by atoms with van der Waals surface area (Å²) < 4.78 is 0. The monoisotopic (exact) mass is 374 g/mol. The van der Waals surface area contributed by atoms with Crippen LogP contribution in [0.5, 0.6) is 0 Å². The van der Waals surface area contributed by atoms with E-state index >= 15 is 0 Å². The zero-order valence-electron chi connectivity index (χ0n) is 14.6. The van der Waals surface area contributed by atoms with Crippen molar-refractivity contribution in [3.05, 3.63) is 41.7 Å². The molecule has 9 heteroatoms. The van der Waals surface area contributed by atoms with Crippen molar-refractivity contribution in [1.82, 2.24) is 20.9 Å². The summed E-state index contributed by atoms with van der Waals surface area (Å²) in [5.41, 5.74) is 0.505. The molecule has 27 heavy (non-hydrogen) atoms. The number of nitrogens with zero attached hydrogens (tertiary/aromatic N) is 1. The van der Waals surface area contributed by atoms with Crippen molar-refractivity contribution in [2.24, 2.45) is 0 Å². The molecule has 3 amide bonds. The van der Waals surface area contributed by atoms with E-state index in [0.717, 1.165) is 6.42 Å². The number of carbonyl (C=O) groups is 3. The van der Waals surface area contributed by atoms with Crippen LogP contribution >= 0.6 is 0 Å². The van der Waals surface area contributed by atoms with Crippen molar-refractivity contribution in [1.29, 1.82) is 0 Å². The topological polar surface area (TPSA) is 141 Å². The molecule has 1 saturated heterocycles. The van der Waals surface area contributed by atoms with Gasteiger partial charge in [-0.25, -0.2) is 0 Å². The molecule has 1 aromatic heterocycles. The van der Waals surface area contributed by atoms with Gasteiger partial charge in [-0.15, -0.1) is 0 Å². The Morgan fingerprint density at radius 1 is 1.22 bits per heavy atom. The standard InChI is InChI=1S/C18H22N4O5/c23-14-8-11(17(26)21-12-4-2-6-20-18(12)27)7-13(15(14)24)22-16(25)10-3-1-5-19-9-10/h1,3,5,7,9,12-15,23-24H,2,4,6,8H2,(H,20,27)(H,21,26)(H,22,25). The number of piperidine rings is 1. The minimum atomic E-state index is -1.25. The van der Waals surface area contributed by atoms with Gasteiger partial charge in [-0.2, -0.15) is 0 Å². The summed E-state index contributed by atoms with van der Waals surface area (Å²) in [5, 5.41) is 28.2. The van der Waals surface area contributed by atoms with Crippen LogP contribution in [-0.4, -0.2) is 63.8 Å². The van der Waals surface area contributed by atoms with Gasteiger partial charge in [0.1, 0.15) is 12.1 Å². The van der Waals surface area contributed by atoms with Gasteiger partial charge in [0, 0.05) is 30.9 Å². The van der Waals surface area contributed by atoms with Crippen molar-refractivity contribution < 1.29 is 24.6 Å². The molecule has 144 valence electrons. The molecule has 1 fully saturated rings. The van der Waals surface area contributed by atoms with Crippen LogP contribution < -0.4 is 16.0 Å². The lowest BCUT2D eigenvalue weighted by atomic mass is 9.89. The van der Waals surface area contributed by atoms with E-state index in [-0.39, 0.29) is 17.9 Å². The normalized spacial score (nSPS) is 27.9. The third-order valence-corrected chi connectivity index (χ3v) is 4.68. The second kappa shape index (κ2) is 8.28. The summed E-state index contributed by atoms with van der Waals surface area (Å²) in [6, 6.07) is 1.60. The fourth-order valence-corrected chi connectivity index (χ4v) is 3.16. The zero-order valence-corrected chi connectivity index (χ0v) is 14.6. The number of aliphatic hydroxyl groups excluding tert-OH is 2. The maximum Gasteiger partial charge on any atom is 0.253 e. The molecule has 1 aliphatic heterocycles. The van der Waals surface area contributed by atoms with Gasteiger partial charge in [-0.05, 0) is 25.0 Å². The Morgan fingerprint density at radius 2 is 2.04 bits per heavy atom. The molecule has 0 spiro atoms. The van der Waals surface area contributed by atoms with Crippen molar-refractivity contribution in [3.8, 4) is 0 Å². The fourth-order valence-electron chi connectivity index (χ4n) is 3.16. The number of hydrogen-bond donors (Lipinski definition) is 5. The molecule has 4 atom stereocenters. The Balaban J connectivity index is 1.71. The highest BCUT2D eigenvalue weighted by atomic mass is 16.3. The quantitative estimate of drug-likeness (QED) is 0.440. The zero-order chi connectivity index (χ0) is 19.4. The minimum absolute atomic E-state index is 0.0688. The lowest BCUT2D eigenvalue weighted by molar-refractivity contribution is -0.129. The molecule has 1 aliphatic carbocycles. The Bertz CT molecular complexity index is 751. The number of nitrogens with one attached hydrogen (secondary N) is 3. The average molecular weight is 374 g/mol. The minimum Gasteiger partial charge on any atom is -0.390 e. The van der Waals surface area contributed by atoms with E-state index in [1.165, 1.54) is 18.5 Å². The lowest BCUT2D eigenvalue weighted by Crippen LogP contribution is -2.53. The van der Waals surface area contributed by atoms with E-state index in [2.05, 4.69) is 20.9 Å². The molecule has 1 aromatic rings. The molecule has 0 radical (unpaired) electrons. The highest BCUT2D eigenvalue weighted by Crippen LogP contribution is 2.21. The van der Waals surface area contributed by atoms with Crippen LogP contribution in [0.25, 0.3) is 0 Å². The molecule has 2 aliphatic rings. The van der Waals surface area contributed by atoms with Crippen LogP contribution in [0.15, 0.2) is 36.2 Å². The largest absolute Gasteiger partial charge is 0.390 e. The molecule has 5 N–H and O–H groups in total.